The van der Waals surface area contributed by atoms with Gasteiger partial charge >= 0.3 is 0 Å². The van der Waals surface area contributed by atoms with Crippen molar-refractivity contribution in [3.63, 3.8) is 0 Å². The monoisotopic (exact) mass is 457 g/mol. The second-order valence-electron chi connectivity index (χ2n) is 6.58. The van der Waals surface area contributed by atoms with Gasteiger partial charge in [-0.3, -0.25) is 9.69 Å². The summed E-state index contributed by atoms with van der Waals surface area (Å²) in [6.45, 7) is 2.73. The van der Waals surface area contributed by atoms with E-state index in [1.54, 1.807) is 17.0 Å². The Bertz CT molecular complexity index is 997. The molecule has 1 aromatic heterocycles. The summed E-state index contributed by atoms with van der Waals surface area (Å²) in [7, 11) is 3.86. The van der Waals surface area contributed by atoms with Crippen molar-refractivity contribution < 1.29 is 13.9 Å². The van der Waals surface area contributed by atoms with Gasteiger partial charge in [0.05, 0.1) is 10.2 Å². The highest BCUT2D eigenvalue weighted by atomic mass is 35.5. The summed E-state index contributed by atoms with van der Waals surface area (Å²) in [5.41, 5.74) is 1.66. The molecule has 1 heterocycles. The average molecular weight is 458 g/mol. The second-order valence-corrected chi connectivity index (χ2v) is 8.00. The number of ether oxygens (including phenoxy) is 1. The number of hydrogen-bond donors (Lipinski definition) is 0. The molecule has 0 spiro atoms. The topological polar surface area (TPSA) is 45.7 Å². The van der Waals surface area contributed by atoms with E-state index in [4.69, 9.17) is 16.3 Å². The predicted octanol–water partition coefficient (Wildman–Crippen LogP) is 4.79. The number of benzene rings is 2. The van der Waals surface area contributed by atoms with E-state index >= 15 is 0 Å². The van der Waals surface area contributed by atoms with Crippen molar-refractivity contribution in [2.45, 2.75) is 6.92 Å². The number of carbonyl (C=O) groups is 1. The van der Waals surface area contributed by atoms with Gasteiger partial charge in [-0.1, -0.05) is 35.1 Å². The number of amides is 1. The molecule has 5 nitrogen and oxygen atoms in total. The van der Waals surface area contributed by atoms with Crippen LogP contribution in [0, 0.1) is 12.7 Å². The van der Waals surface area contributed by atoms with Crippen LogP contribution in [0.15, 0.2) is 36.4 Å². The third-order valence-corrected chi connectivity index (χ3v) is 5.68. The molecular formula is C20H22Cl2FN3O2S. The maximum Gasteiger partial charge on any atom is 0.266 e. The van der Waals surface area contributed by atoms with Gasteiger partial charge in [-0.2, -0.15) is 0 Å². The van der Waals surface area contributed by atoms with Crippen LogP contribution < -0.4 is 9.64 Å². The average Bonchev–Trinajstić information content (AvgIpc) is 3.09. The lowest BCUT2D eigenvalue weighted by atomic mass is 10.2. The van der Waals surface area contributed by atoms with E-state index in [1.165, 1.54) is 23.5 Å². The van der Waals surface area contributed by atoms with Gasteiger partial charge < -0.3 is 9.64 Å². The molecule has 0 aliphatic carbocycles. The smallest absolute Gasteiger partial charge is 0.266 e. The van der Waals surface area contributed by atoms with Crippen molar-refractivity contribution in [2.24, 2.45) is 0 Å². The standard InChI is InChI=1S/C20H21ClFN3O2S.ClH/c1-13-14(21)8-9-17-19(13)23-20(28-17)25(11-10-24(2)3)18(26)12-27-16-7-5-4-6-15(16)22;/h4-9H,10-12H2,1-3H3;1H. The minimum atomic E-state index is -0.500. The number of aromatic nitrogens is 1. The van der Waals surface area contributed by atoms with Crippen molar-refractivity contribution in [3.05, 3.63) is 52.8 Å². The van der Waals surface area contributed by atoms with E-state index in [1.807, 2.05) is 38.1 Å². The molecule has 0 aliphatic rings. The third kappa shape index (κ3) is 5.57. The van der Waals surface area contributed by atoms with E-state index in [-0.39, 0.29) is 30.7 Å². The third-order valence-electron chi connectivity index (χ3n) is 4.23. The zero-order chi connectivity index (χ0) is 20.3. The second kappa shape index (κ2) is 10.2. The first-order valence-corrected chi connectivity index (χ1v) is 9.94. The van der Waals surface area contributed by atoms with Gasteiger partial charge in [-0.15, -0.1) is 12.4 Å². The molecule has 0 atom stereocenters. The number of fused-ring (bicyclic) bond motifs is 1. The number of para-hydroxylation sites is 1. The lowest BCUT2D eigenvalue weighted by Crippen LogP contribution is -2.39. The lowest BCUT2D eigenvalue weighted by Gasteiger charge is -2.22. The quantitative estimate of drug-likeness (QED) is 0.511. The summed E-state index contributed by atoms with van der Waals surface area (Å²) in [4.78, 5) is 21.1. The van der Waals surface area contributed by atoms with Crippen LogP contribution in [-0.4, -0.2) is 49.6 Å². The number of anilines is 1. The molecule has 0 aliphatic heterocycles. The van der Waals surface area contributed by atoms with Crippen LogP contribution in [0.1, 0.15) is 5.56 Å². The normalized spacial score (nSPS) is 10.8. The van der Waals surface area contributed by atoms with Crippen LogP contribution in [0.3, 0.4) is 0 Å². The number of thiazole rings is 1. The Kier molecular flexibility index (Phi) is 8.22. The van der Waals surface area contributed by atoms with Gasteiger partial charge in [0.2, 0.25) is 0 Å². The minimum Gasteiger partial charge on any atom is -0.481 e. The Balaban J connectivity index is 0.00000300. The number of halogens is 3. The van der Waals surface area contributed by atoms with E-state index in [9.17, 15) is 9.18 Å². The van der Waals surface area contributed by atoms with Gasteiger partial charge in [0, 0.05) is 18.1 Å². The van der Waals surface area contributed by atoms with Crippen LogP contribution in [0.5, 0.6) is 5.75 Å². The summed E-state index contributed by atoms with van der Waals surface area (Å²) < 4.78 is 20.1. The largest absolute Gasteiger partial charge is 0.481 e. The van der Waals surface area contributed by atoms with Crippen LogP contribution in [0.4, 0.5) is 9.52 Å². The fourth-order valence-corrected chi connectivity index (χ4v) is 3.83. The van der Waals surface area contributed by atoms with Crippen LogP contribution in [-0.2, 0) is 4.79 Å². The Hall–Kier alpha value is -1.93. The first kappa shape index (κ1) is 23.3. The first-order chi connectivity index (χ1) is 13.4. The molecule has 9 heteroatoms. The molecule has 0 saturated carbocycles. The molecule has 2 aromatic carbocycles. The highest BCUT2D eigenvalue weighted by molar-refractivity contribution is 7.22. The van der Waals surface area contributed by atoms with E-state index in [0.717, 1.165) is 15.8 Å². The Labute approximate surface area is 184 Å². The molecule has 0 bridgehead atoms. The fraction of sp³-hybridized carbons (Fsp3) is 0.300. The minimum absolute atomic E-state index is 0. The van der Waals surface area contributed by atoms with E-state index in [0.29, 0.717) is 23.2 Å². The van der Waals surface area contributed by atoms with Crippen molar-refractivity contribution in [1.29, 1.82) is 0 Å². The summed E-state index contributed by atoms with van der Waals surface area (Å²) in [5.74, 6) is -0.733. The molecule has 0 unspecified atom stereocenters. The van der Waals surface area contributed by atoms with Crippen molar-refractivity contribution >= 4 is 56.6 Å². The van der Waals surface area contributed by atoms with Gasteiger partial charge in [-0.05, 0) is 50.8 Å². The zero-order valence-electron chi connectivity index (χ0n) is 16.3. The van der Waals surface area contributed by atoms with Crippen molar-refractivity contribution in [1.82, 2.24) is 9.88 Å². The van der Waals surface area contributed by atoms with Crippen LogP contribution in [0.25, 0.3) is 10.2 Å². The maximum atomic E-state index is 13.8. The molecule has 156 valence electrons. The summed E-state index contributed by atoms with van der Waals surface area (Å²) in [6, 6.07) is 9.75. The Morgan fingerprint density at radius 2 is 1.93 bits per heavy atom. The number of aryl methyl sites for hydroxylation is 1. The molecule has 0 saturated heterocycles. The van der Waals surface area contributed by atoms with Crippen LogP contribution in [0.2, 0.25) is 5.02 Å². The number of hydrogen-bond acceptors (Lipinski definition) is 5. The number of carbonyl (C=O) groups excluding carboxylic acids is 1. The molecular weight excluding hydrogens is 436 g/mol. The van der Waals surface area contributed by atoms with Crippen molar-refractivity contribution in [3.8, 4) is 5.75 Å². The van der Waals surface area contributed by atoms with Crippen LogP contribution >= 0.6 is 35.3 Å². The SMILES string of the molecule is Cc1c(Cl)ccc2sc(N(CCN(C)C)C(=O)COc3ccccc3F)nc12.Cl. The number of likely N-dealkylation sites (N-methyl/N-ethyl adjacent to an activating group) is 1. The van der Waals surface area contributed by atoms with E-state index < -0.39 is 5.82 Å². The predicted molar refractivity (Wildman–Crippen MR) is 119 cm³/mol. The summed E-state index contributed by atoms with van der Waals surface area (Å²) in [5, 5.41) is 1.21. The van der Waals surface area contributed by atoms with E-state index in [2.05, 4.69) is 4.98 Å². The molecule has 1 amide bonds. The fourth-order valence-electron chi connectivity index (χ4n) is 2.61. The Morgan fingerprint density at radius 1 is 1.21 bits per heavy atom. The summed E-state index contributed by atoms with van der Waals surface area (Å²) >= 11 is 7.62. The van der Waals surface area contributed by atoms with Gasteiger partial charge in [0.25, 0.3) is 5.91 Å². The number of rotatable bonds is 7. The first-order valence-electron chi connectivity index (χ1n) is 8.75. The summed E-state index contributed by atoms with van der Waals surface area (Å²) in [6.07, 6.45) is 0. The zero-order valence-corrected chi connectivity index (χ0v) is 18.7. The molecule has 29 heavy (non-hydrogen) atoms. The molecule has 0 radical (unpaired) electrons. The van der Waals surface area contributed by atoms with Crippen molar-refractivity contribution in [2.75, 3.05) is 38.7 Å². The maximum absolute atomic E-state index is 13.8. The highest BCUT2D eigenvalue weighted by Crippen LogP contribution is 2.33. The molecule has 3 aromatic rings. The Morgan fingerprint density at radius 3 is 2.62 bits per heavy atom. The van der Waals surface area contributed by atoms with Gasteiger partial charge in [0.1, 0.15) is 0 Å². The molecule has 0 fully saturated rings. The van der Waals surface area contributed by atoms with Gasteiger partial charge in [-0.25, -0.2) is 9.37 Å². The van der Waals surface area contributed by atoms with Gasteiger partial charge in [0.15, 0.2) is 23.3 Å². The lowest BCUT2D eigenvalue weighted by molar-refractivity contribution is -0.120. The molecule has 0 N–H and O–H groups in total. The number of nitrogens with zero attached hydrogens (tertiary/aromatic N) is 3. The molecule has 3 rings (SSSR count). The highest BCUT2D eigenvalue weighted by Gasteiger charge is 2.21.